The minimum Gasteiger partial charge on any atom is -0.271 e. The van der Waals surface area contributed by atoms with Gasteiger partial charge in [-0.2, -0.15) is 0 Å². The van der Waals surface area contributed by atoms with Crippen molar-refractivity contribution in [3.05, 3.63) is 47.0 Å². The van der Waals surface area contributed by atoms with Crippen LogP contribution >= 0.6 is 0 Å². The van der Waals surface area contributed by atoms with E-state index in [1.807, 2.05) is 0 Å². The van der Waals surface area contributed by atoms with Gasteiger partial charge in [0, 0.05) is 12.1 Å². The predicted molar refractivity (Wildman–Crippen MR) is 77.0 cm³/mol. The van der Waals surface area contributed by atoms with Crippen molar-refractivity contribution >= 4 is 0 Å². The summed E-state index contributed by atoms with van der Waals surface area (Å²) >= 11 is 0. The van der Waals surface area contributed by atoms with E-state index in [4.69, 9.17) is 5.84 Å². The standard InChI is InChI=1S/C16H22F2N2/c17-14-9-8-13(15(18)11-14)10-16(20-19)12-6-4-2-1-3-5-7-12/h6,8-9,11,16,20H,1-5,7,10,19H2/b12-6+. The lowest BCUT2D eigenvalue weighted by Crippen LogP contribution is -2.38. The Hall–Kier alpha value is -1.26. The van der Waals surface area contributed by atoms with Crippen LogP contribution in [0.25, 0.3) is 0 Å². The van der Waals surface area contributed by atoms with Crippen LogP contribution in [0.3, 0.4) is 0 Å². The molecule has 110 valence electrons. The van der Waals surface area contributed by atoms with E-state index in [2.05, 4.69) is 11.5 Å². The average Bonchev–Trinajstić information content (AvgIpc) is 2.39. The summed E-state index contributed by atoms with van der Waals surface area (Å²) in [6.45, 7) is 0. The number of nitrogens with two attached hydrogens (primary N) is 1. The monoisotopic (exact) mass is 280 g/mol. The van der Waals surface area contributed by atoms with Crippen molar-refractivity contribution in [2.75, 3.05) is 0 Å². The number of benzene rings is 1. The van der Waals surface area contributed by atoms with Crippen LogP contribution in [0, 0.1) is 11.6 Å². The van der Waals surface area contributed by atoms with E-state index >= 15 is 0 Å². The predicted octanol–water partition coefficient (Wildman–Crippen LogP) is 3.62. The minimum atomic E-state index is -0.548. The van der Waals surface area contributed by atoms with Crippen LogP contribution in [0.2, 0.25) is 0 Å². The molecule has 0 aromatic heterocycles. The Balaban J connectivity index is 2.11. The highest BCUT2D eigenvalue weighted by molar-refractivity contribution is 5.23. The SMILES string of the molecule is NNC(Cc1ccc(F)cc1F)/C1=C/CCCCCC1. The first-order valence-corrected chi connectivity index (χ1v) is 7.29. The van der Waals surface area contributed by atoms with Gasteiger partial charge in [-0.25, -0.2) is 8.78 Å². The zero-order valence-corrected chi connectivity index (χ0v) is 11.7. The fourth-order valence-electron chi connectivity index (χ4n) is 2.74. The molecule has 0 fully saturated rings. The summed E-state index contributed by atoms with van der Waals surface area (Å²) in [6.07, 6.45) is 9.59. The van der Waals surface area contributed by atoms with Crippen LogP contribution in [-0.4, -0.2) is 6.04 Å². The molecule has 1 unspecified atom stereocenters. The Morgan fingerprint density at radius 1 is 1.15 bits per heavy atom. The Morgan fingerprint density at radius 3 is 2.70 bits per heavy atom. The van der Waals surface area contributed by atoms with Crippen LogP contribution < -0.4 is 11.3 Å². The van der Waals surface area contributed by atoms with Crippen LogP contribution in [0.15, 0.2) is 29.8 Å². The molecule has 0 saturated carbocycles. The Labute approximate surface area is 119 Å². The van der Waals surface area contributed by atoms with E-state index in [-0.39, 0.29) is 6.04 Å². The molecule has 4 heteroatoms. The second kappa shape index (κ2) is 7.50. The van der Waals surface area contributed by atoms with Crippen LogP contribution in [0.4, 0.5) is 8.78 Å². The van der Waals surface area contributed by atoms with Crippen molar-refractivity contribution in [3.8, 4) is 0 Å². The molecule has 20 heavy (non-hydrogen) atoms. The van der Waals surface area contributed by atoms with Crippen molar-refractivity contribution in [2.24, 2.45) is 5.84 Å². The van der Waals surface area contributed by atoms with Crippen LogP contribution in [-0.2, 0) is 6.42 Å². The average molecular weight is 280 g/mol. The van der Waals surface area contributed by atoms with Gasteiger partial charge in [-0.1, -0.05) is 30.6 Å². The molecule has 2 nitrogen and oxygen atoms in total. The summed E-state index contributed by atoms with van der Waals surface area (Å²) in [5.41, 5.74) is 4.53. The van der Waals surface area contributed by atoms with Crippen molar-refractivity contribution in [1.82, 2.24) is 5.43 Å². The molecule has 1 aromatic carbocycles. The summed E-state index contributed by atoms with van der Waals surface area (Å²) in [5, 5.41) is 0. The normalized spacial score (nSPS) is 20.6. The number of allylic oxidation sites excluding steroid dienone is 1. The largest absolute Gasteiger partial charge is 0.271 e. The fourth-order valence-corrected chi connectivity index (χ4v) is 2.74. The topological polar surface area (TPSA) is 38.0 Å². The van der Waals surface area contributed by atoms with Crippen molar-refractivity contribution in [3.63, 3.8) is 0 Å². The van der Waals surface area contributed by atoms with Gasteiger partial charge in [0.25, 0.3) is 0 Å². The molecule has 1 aromatic rings. The number of rotatable bonds is 4. The Kier molecular flexibility index (Phi) is 5.68. The second-order valence-corrected chi connectivity index (χ2v) is 5.39. The summed E-state index contributed by atoms with van der Waals surface area (Å²) in [7, 11) is 0. The molecule has 0 heterocycles. The molecule has 1 aliphatic carbocycles. The van der Waals surface area contributed by atoms with E-state index in [9.17, 15) is 8.78 Å². The van der Waals surface area contributed by atoms with Gasteiger partial charge in [0.1, 0.15) is 11.6 Å². The van der Waals surface area contributed by atoms with Gasteiger partial charge in [0.05, 0.1) is 0 Å². The van der Waals surface area contributed by atoms with Crippen LogP contribution in [0.1, 0.15) is 44.1 Å². The first-order valence-electron chi connectivity index (χ1n) is 7.29. The molecule has 0 radical (unpaired) electrons. The molecule has 2 rings (SSSR count). The van der Waals surface area contributed by atoms with E-state index in [0.717, 1.165) is 25.3 Å². The van der Waals surface area contributed by atoms with Crippen LogP contribution in [0.5, 0.6) is 0 Å². The molecule has 0 amide bonds. The molecule has 0 spiro atoms. The first-order chi connectivity index (χ1) is 9.70. The highest BCUT2D eigenvalue weighted by atomic mass is 19.1. The number of halogens is 2. The fraction of sp³-hybridized carbons (Fsp3) is 0.500. The molecule has 1 atom stereocenters. The van der Waals surface area contributed by atoms with E-state index in [1.165, 1.54) is 37.0 Å². The van der Waals surface area contributed by atoms with Gasteiger partial charge in [-0.3, -0.25) is 11.3 Å². The van der Waals surface area contributed by atoms with Crippen molar-refractivity contribution in [2.45, 2.75) is 51.0 Å². The van der Waals surface area contributed by atoms with Gasteiger partial charge in [0.15, 0.2) is 0 Å². The first kappa shape index (κ1) is 15.1. The second-order valence-electron chi connectivity index (χ2n) is 5.39. The number of hydrogen-bond donors (Lipinski definition) is 2. The van der Waals surface area contributed by atoms with Gasteiger partial charge >= 0.3 is 0 Å². The maximum absolute atomic E-state index is 13.7. The maximum Gasteiger partial charge on any atom is 0.129 e. The highest BCUT2D eigenvalue weighted by Crippen LogP contribution is 2.22. The highest BCUT2D eigenvalue weighted by Gasteiger charge is 2.16. The van der Waals surface area contributed by atoms with Crippen molar-refractivity contribution in [1.29, 1.82) is 0 Å². The third-order valence-electron chi connectivity index (χ3n) is 3.91. The molecular formula is C16H22F2N2. The molecule has 3 N–H and O–H groups in total. The van der Waals surface area contributed by atoms with E-state index in [1.54, 1.807) is 0 Å². The van der Waals surface area contributed by atoms with Gasteiger partial charge in [-0.05, 0) is 43.7 Å². The zero-order chi connectivity index (χ0) is 14.4. The third-order valence-corrected chi connectivity index (χ3v) is 3.91. The third kappa shape index (κ3) is 4.12. The zero-order valence-electron chi connectivity index (χ0n) is 11.7. The van der Waals surface area contributed by atoms with Gasteiger partial charge in [0.2, 0.25) is 0 Å². The maximum atomic E-state index is 13.7. The van der Waals surface area contributed by atoms with Crippen molar-refractivity contribution < 1.29 is 8.78 Å². The molecule has 0 bridgehead atoms. The lowest BCUT2D eigenvalue weighted by atomic mass is 9.91. The lowest BCUT2D eigenvalue weighted by Gasteiger charge is -2.22. The number of hydrazine groups is 1. The smallest absolute Gasteiger partial charge is 0.129 e. The van der Waals surface area contributed by atoms with E-state index < -0.39 is 11.6 Å². The summed E-state index contributed by atoms with van der Waals surface area (Å²) in [4.78, 5) is 0. The van der Waals surface area contributed by atoms with Gasteiger partial charge in [-0.15, -0.1) is 0 Å². The Bertz CT molecular complexity index is 472. The molecule has 1 aliphatic rings. The summed E-state index contributed by atoms with van der Waals surface area (Å²) in [5.74, 6) is 4.58. The number of nitrogens with one attached hydrogen (secondary N) is 1. The minimum absolute atomic E-state index is 0.0759. The van der Waals surface area contributed by atoms with Gasteiger partial charge < -0.3 is 0 Å². The number of hydrogen-bond acceptors (Lipinski definition) is 2. The molecular weight excluding hydrogens is 258 g/mol. The summed E-state index contributed by atoms with van der Waals surface area (Å²) in [6, 6.07) is 3.64. The molecule has 0 saturated heterocycles. The lowest BCUT2D eigenvalue weighted by molar-refractivity contribution is 0.518. The van der Waals surface area contributed by atoms with E-state index in [0.29, 0.717) is 12.0 Å². The molecule has 0 aliphatic heterocycles. The summed E-state index contributed by atoms with van der Waals surface area (Å²) < 4.78 is 26.7. The Morgan fingerprint density at radius 2 is 1.95 bits per heavy atom. The quantitative estimate of drug-likeness (QED) is 0.502.